The van der Waals surface area contributed by atoms with Crippen LogP contribution in [0.25, 0.3) is 6.08 Å². The maximum Gasteiger partial charge on any atom is 0.258 e. The Labute approximate surface area is 153 Å². The van der Waals surface area contributed by atoms with E-state index in [1.807, 2.05) is 54.8 Å². The van der Waals surface area contributed by atoms with Crippen molar-refractivity contribution in [3.63, 3.8) is 0 Å². The number of methoxy groups -OCH3 is 1. The Hall–Kier alpha value is -2.27. The zero-order chi connectivity index (χ0) is 18.2. The Balaban J connectivity index is 1.99. The number of nitrogens with one attached hydrogen (secondary N) is 1. The summed E-state index contributed by atoms with van der Waals surface area (Å²) in [5.74, 6) is 1.33. The number of carbonyl (C=O) groups excluding carboxylic acids is 1. The van der Waals surface area contributed by atoms with Gasteiger partial charge in [0.15, 0.2) is 18.1 Å². The summed E-state index contributed by atoms with van der Waals surface area (Å²) in [5.41, 5.74) is 1.02. The summed E-state index contributed by atoms with van der Waals surface area (Å²) in [5, 5.41) is 5.07. The van der Waals surface area contributed by atoms with Gasteiger partial charge in [0.25, 0.3) is 5.91 Å². The zero-order valence-electron chi connectivity index (χ0n) is 15.1. The van der Waals surface area contributed by atoms with E-state index in [1.165, 1.54) is 0 Å². The molecule has 134 valence electrons. The van der Waals surface area contributed by atoms with E-state index in [9.17, 15) is 4.79 Å². The molecule has 0 spiro atoms. The summed E-state index contributed by atoms with van der Waals surface area (Å²) in [6, 6.07) is 9.67. The third-order valence-electron chi connectivity index (χ3n) is 3.74. The van der Waals surface area contributed by atoms with Crippen LogP contribution in [0.2, 0.25) is 0 Å². The molecular formula is C20H25NO3S. The number of ether oxygens (including phenoxy) is 2. The van der Waals surface area contributed by atoms with Crippen LogP contribution in [0.1, 0.15) is 37.3 Å². The number of benzene rings is 1. The smallest absolute Gasteiger partial charge is 0.258 e. The van der Waals surface area contributed by atoms with Crippen molar-refractivity contribution in [1.29, 1.82) is 0 Å². The second-order valence-corrected chi connectivity index (χ2v) is 6.98. The van der Waals surface area contributed by atoms with Crippen LogP contribution in [0.5, 0.6) is 11.5 Å². The van der Waals surface area contributed by atoms with E-state index in [0.717, 1.165) is 10.4 Å². The van der Waals surface area contributed by atoms with E-state index in [0.29, 0.717) is 17.4 Å². The molecule has 0 aliphatic carbocycles. The first-order valence-electron chi connectivity index (χ1n) is 8.31. The fourth-order valence-electron chi connectivity index (χ4n) is 2.49. The third-order valence-corrected chi connectivity index (χ3v) is 4.69. The fraction of sp³-hybridized carbons (Fsp3) is 0.350. The van der Waals surface area contributed by atoms with Gasteiger partial charge in [0.2, 0.25) is 0 Å². The third kappa shape index (κ3) is 5.36. The average Bonchev–Trinajstić information content (AvgIpc) is 3.12. The van der Waals surface area contributed by atoms with E-state index in [2.05, 4.69) is 19.2 Å². The largest absolute Gasteiger partial charge is 0.493 e. The Bertz CT molecular complexity index is 708. The van der Waals surface area contributed by atoms with Crippen molar-refractivity contribution in [3.8, 4) is 11.5 Å². The fourth-order valence-corrected chi connectivity index (χ4v) is 3.44. The van der Waals surface area contributed by atoms with Crippen LogP contribution in [0, 0.1) is 5.92 Å². The molecule has 2 aromatic rings. The van der Waals surface area contributed by atoms with Gasteiger partial charge in [-0.1, -0.05) is 38.1 Å². The first-order chi connectivity index (χ1) is 12.0. The van der Waals surface area contributed by atoms with E-state index in [4.69, 9.17) is 9.47 Å². The van der Waals surface area contributed by atoms with Crippen LogP contribution >= 0.6 is 11.3 Å². The number of allylic oxidation sites excluding steroid dienone is 1. The van der Waals surface area contributed by atoms with Crippen LogP contribution < -0.4 is 14.8 Å². The number of hydrogen-bond acceptors (Lipinski definition) is 4. The number of amides is 1. The Morgan fingerprint density at radius 3 is 2.68 bits per heavy atom. The van der Waals surface area contributed by atoms with Gasteiger partial charge < -0.3 is 14.8 Å². The molecule has 1 N–H and O–H groups in total. The molecule has 1 amide bonds. The molecule has 0 saturated carbocycles. The number of carbonyl (C=O) groups is 1. The van der Waals surface area contributed by atoms with Gasteiger partial charge in [-0.15, -0.1) is 11.3 Å². The van der Waals surface area contributed by atoms with Crippen molar-refractivity contribution < 1.29 is 14.3 Å². The molecule has 1 atom stereocenters. The summed E-state index contributed by atoms with van der Waals surface area (Å²) >= 11 is 1.65. The first kappa shape index (κ1) is 19.1. The highest BCUT2D eigenvalue weighted by Gasteiger charge is 2.19. The molecule has 5 heteroatoms. The first-order valence-corrected chi connectivity index (χ1v) is 9.19. The lowest BCUT2D eigenvalue weighted by Gasteiger charge is -2.21. The van der Waals surface area contributed by atoms with E-state index in [-0.39, 0.29) is 18.6 Å². The lowest BCUT2D eigenvalue weighted by Crippen LogP contribution is -2.34. The minimum absolute atomic E-state index is 0.00457. The van der Waals surface area contributed by atoms with E-state index in [1.54, 1.807) is 18.4 Å². The molecule has 0 aliphatic rings. The molecule has 1 aromatic carbocycles. The average molecular weight is 359 g/mol. The Morgan fingerprint density at radius 1 is 1.28 bits per heavy atom. The van der Waals surface area contributed by atoms with Crippen molar-refractivity contribution in [2.45, 2.75) is 26.8 Å². The van der Waals surface area contributed by atoms with E-state index < -0.39 is 0 Å². The van der Waals surface area contributed by atoms with Crippen LogP contribution in [0.15, 0.2) is 41.8 Å². The molecule has 1 aromatic heterocycles. The van der Waals surface area contributed by atoms with Crippen molar-refractivity contribution in [1.82, 2.24) is 5.32 Å². The van der Waals surface area contributed by atoms with Gasteiger partial charge in [-0.05, 0) is 42.0 Å². The monoisotopic (exact) mass is 359 g/mol. The van der Waals surface area contributed by atoms with Gasteiger partial charge >= 0.3 is 0 Å². The molecule has 2 rings (SSSR count). The highest BCUT2D eigenvalue weighted by molar-refractivity contribution is 7.10. The molecule has 4 nitrogen and oxygen atoms in total. The number of rotatable bonds is 8. The van der Waals surface area contributed by atoms with Crippen LogP contribution in [-0.2, 0) is 4.79 Å². The summed E-state index contributed by atoms with van der Waals surface area (Å²) in [7, 11) is 1.59. The number of thiophene rings is 1. The summed E-state index contributed by atoms with van der Waals surface area (Å²) < 4.78 is 11.0. The van der Waals surface area contributed by atoms with Crippen molar-refractivity contribution >= 4 is 23.3 Å². The van der Waals surface area contributed by atoms with Crippen molar-refractivity contribution in [2.24, 2.45) is 5.92 Å². The van der Waals surface area contributed by atoms with Gasteiger partial charge in [0.05, 0.1) is 13.2 Å². The minimum Gasteiger partial charge on any atom is -0.493 e. The topological polar surface area (TPSA) is 47.6 Å². The Kier molecular flexibility index (Phi) is 7.07. The normalized spacial score (nSPS) is 12.4. The molecule has 0 aliphatic heterocycles. The SMILES string of the molecule is C/C=C/c1ccc(OCC(=O)NC(c2cccs2)C(C)C)c(OC)c1. The van der Waals surface area contributed by atoms with Crippen LogP contribution in [0.4, 0.5) is 0 Å². The predicted molar refractivity (Wildman–Crippen MR) is 103 cm³/mol. The minimum atomic E-state index is -0.147. The van der Waals surface area contributed by atoms with Crippen molar-refractivity contribution in [2.75, 3.05) is 13.7 Å². The standard InChI is InChI=1S/C20H25NO3S/c1-5-7-15-9-10-16(17(12-15)23-4)24-13-19(22)21-20(14(2)3)18-8-6-11-25-18/h5-12,14,20H,13H2,1-4H3,(H,21,22)/b7-5+. The van der Waals surface area contributed by atoms with Crippen LogP contribution in [-0.4, -0.2) is 19.6 Å². The Morgan fingerprint density at radius 2 is 2.08 bits per heavy atom. The van der Waals surface area contributed by atoms with E-state index >= 15 is 0 Å². The predicted octanol–water partition coefficient (Wildman–Crippen LogP) is 4.68. The summed E-state index contributed by atoms with van der Waals surface area (Å²) in [6.45, 7) is 6.09. The summed E-state index contributed by atoms with van der Waals surface area (Å²) in [4.78, 5) is 13.5. The second kappa shape index (κ2) is 9.28. The molecule has 1 heterocycles. The van der Waals surface area contributed by atoms with Gasteiger partial charge in [-0.3, -0.25) is 4.79 Å². The second-order valence-electron chi connectivity index (χ2n) is 6.00. The molecular weight excluding hydrogens is 334 g/mol. The van der Waals surface area contributed by atoms with Crippen LogP contribution in [0.3, 0.4) is 0 Å². The highest BCUT2D eigenvalue weighted by atomic mass is 32.1. The molecule has 0 bridgehead atoms. The van der Waals surface area contributed by atoms with Gasteiger partial charge in [0, 0.05) is 4.88 Å². The maximum absolute atomic E-state index is 12.3. The van der Waals surface area contributed by atoms with Gasteiger partial charge in [-0.25, -0.2) is 0 Å². The van der Waals surface area contributed by atoms with Crippen molar-refractivity contribution in [3.05, 3.63) is 52.2 Å². The molecule has 25 heavy (non-hydrogen) atoms. The molecule has 0 fully saturated rings. The molecule has 1 unspecified atom stereocenters. The summed E-state index contributed by atoms with van der Waals surface area (Å²) in [6.07, 6.45) is 3.94. The lowest BCUT2D eigenvalue weighted by atomic mass is 10.0. The molecule has 0 saturated heterocycles. The quantitative estimate of drug-likeness (QED) is 0.744. The highest BCUT2D eigenvalue weighted by Crippen LogP contribution is 2.29. The van der Waals surface area contributed by atoms with Gasteiger partial charge in [0.1, 0.15) is 0 Å². The maximum atomic E-state index is 12.3. The zero-order valence-corrected chi connectivity index (χ0v) is 15.9. The number of hydrogen-bond donors (Lipinski definition) is 1. The van der Waals surface area contributed by atoms with Gasteiger partial charge in [-0.2, -0.15) is 0 Å². The molecule has 0 radical (unpaired) electrons. The lowest BCUT2D eigenvalue weighted by molar-refractivity contribution is -0.124.